The van der Waals surface area contributed by atoms with Crippen LogP contribution in [0.3, 0.4) is 0 Å². The van der Waals surface area contributed by atoms with Crippen LogP contribution >= 0.6 is 11.3 Å². The Labute approximate surface area is 198 Å². The first kappa shape index (κ1) is 21.6. The molecule has 7 heteroatoms. The third-order valence-corrected chi connectivity index (χ3v) is 6.54. The Morgan fingerprint density at radius 1 is 0.853 bits per heavy atom. The number of carboxylic acids is 1. The van der Waals surface area contributed by atoms with E-state index in [2.05, 4.69) is 4.98 Å². The standard InChI is InChI=1S/C27H19NO5S/c29-25-22(11-16-1-4-18(5-2-16)26(30)31)14-21-13-20(6-7-23(21)28-25)27(32)33-15-17-3-8-24-19(12-17)9-10-34-24/h1-10,12-14H,11,15H2,(H,28,29)(H,30,31). The van der Waals surface area contributed by atoms with Crippen molar-refractivity contribution >= 4 is 44.3 Å². The van der Waals surface area contributed by atoms with Crippen molar-refractivity contribution in [3.63, 3.8) is 0 Å². The number of fused-ring (bicyclic) bond motifs is 2. The molecule has 2 aromatic heterocycles. The normalized spacial score (nSPS) is 11.1. The summed E-state index contributed by atoms with van der Waals surface area (Å²) in [6, 6.07) is 21.2. The molecule has 0 aliphatic heterocycles. The van der Waals surface area contributed by atoms with E-state index in [-0.39, 0.29) is 17.7 Å². The number of rotatable bonds is 6. The molecule has 5 rings (SSSR count). The quantitative estimate of drug-likeness (QED) is 0.325. The van der Waals surface area contributed by atoms with Crippen LogP contribution in [0, 0.1) is 0 Å². The maximum atomic E-state index is 12.7. The summed E-state index contributed by atoms with van der Waals surface area (Å²) < 4.78 is 6.70. The summed E-state index contributed by atoms with van der Waals surface area (Å²) in [7, 11) is 0. The molecular weight excluding hydrogens is 450 g/mol. The number of thiophene rings is 1. The second-order valence-corrected chi connectivity index (χ2v) is 8.92. The summed E-state index contributed by atoms with van der Waals surface area (Å²) in [5.74, 6) is -1.44. The lowest BCUT2D eigenvalue weighted by atomic mass is 10.0. The van der Waals surface area contributed by atoms with E-state index in [1.165, 1.54) is 16.8 Å². The molecule has 0 saturated heterocycles. The molecule has 0 atom stereocenters. The number of H-pyrrole nitrogens is 1. The van der Waals surface area contributed by atoms with E-state index in [4.69, 9.17) is 9.84 Å². The molecule has 5 aromatic rings. The van der Waals surface area contributed by atoms with Gasteiger partial charge in [0.2, 0.25) is 0 Å². The van der Waals surface area contributed by atoms with Crippen LogP contribution in [-0.4, -0.2) is 22.0 Å². The van der Waals surface area contributed by atoms with E-state index < -0.39 is 11.9 Å². The van der Waals surface area contributed by atoms with Crippen molar-refractivity contribution in [2.24, 2.45) is 0 Å². The van der Waals surface area contributed by atoms with Crippen molar-refractivity contribution in [3.8, 4) is 0 Å². The first-order valence-electron chi connectivity index (χ1n) is 10.6. The number of carboxylic acid groups (broad SMARTS) is 1. The molecule has 2 N–H and O–H groups in total. The van der Waals surface area contributed by atoms with Crippen LogP contribution < -0.4 is 5.56 Å². The largest absolute Gasteiger partial charge is 0.478 e. The number of pyridine rings is 1. The van der Waals surface area contributed by atoms with Gasteiger partial charge in [0.15, 0.2) is 0 Å². The summed E-state index contributed by atoms with van der Waals surface area (Å²) in [6.45, 7) is 0.172. The SMILES string of the molecule is O=C(O)c1ccc(Cc2cc3cc(C(=O)OCc4ccc5sccc5c4)ccc3[nH]c2=O)cc1. The minimum atomic E-state index is -0.999. The molecule has 0 radical (unpaired) electrons. The fourth-order valence-electron chi connectivity index (χ4n) is 3.83. The number of hydrogen-bond acceptors (Lipinski definition) is 5. The number of carbonyl (C=O) groups excluding carboxylic acids is 1. The van der Waals surface area contributed by atoms with Crippen molar-refractivity contribution in [2.45, 2.75) is 13.0 Å². The smallest absolute Gasteiger partial charge is 0.338 e. The van der Waals surface area contributed by atoms with Gasteiger partial charge in [-0.2, -0.15) is 0 Å². The number of nitrogens with one attached hydrogen (secondary N) is 1. The molecule has 34 heavy (non-hydrogen) atoms. The number of esters is 1. The van der Waals surface area contributed by atoms with Crippen LogP contribution in [0.15, 0.2) is 83.0 Å². The molecule has 0 aliphatic carbocycles. The first-order valence-corrected chi connectivity index (χ1v) is 11.5. The molecule has 0 saturated carbocycles. The van der Waals surface area contributed by atoms with E-state index in [1.54, 1.807) is 47.7 Å². The zero-order chi connectivity index (χ0) is 23.7. The van der Waals surface area contributed by atoms with Crippen LogP contribution in [0.1, 0.15) is 37.4 Å². The van der Waals surface area contributed by atoms with Gasteiger partial charge in [-0.3, -0.25) is 4.79 Å². The highest BCUT2D eigenvalue weighted by atomic mass is 32.1. The Bertz CT molecular complexity index is 1600. The van der Waals surface area contributed by atoms with Gasteiger partial charge in [0, 0.05) is 22.2 Å². The molecule has 0 fully saturated rings. The molecule has 0 aliphatic rings. The van der Waals surface area contributed by atoms with E-state index in [1.807, 2.05) is 29.6 Å². The monoisotopic (exact) mass is 469 g/mol. The average molecular weight is 470 g/mol. The molecular formula is C27H19NO5S. The zero-order valence-electron chi connectivity index (χ0n) is 17.9. The molecule has 0 spiro atoms. The summed E-state index contributed by atoms with van der Waals surface area (Å²) in [5.41, 5.74) is 3.23. The molecule has 168 valence electrons. The van der Waals surface area contributed by atoms with E-state index in [9.17, 15) is 14.4 Å². The van der Waals surface area contributed by atoms with Gasteiger partial charge in [-0.15, -0.1) is 11.3 Å². The van der Waals surface area contributed by atoms with Gasteiger partial charge in [-0.25, -0.2) is 9.59 Å². The summed E-state index contributed by atoms with van der Waals surface area (Å²) in [6.07, 6.45) is 0.338. The second-order valence-electron chi connectivity index (χ2n) is 7.97. The first-order chi connectivity index (χ1) is 16.5. The number of aromatic amines is 1. The van der Waals surface area contributed by atoms with Crippen molar-refractivity contribution in [1.82, 2.24) is 4.98 Å². The van der Waals surface area contributed by atoms with Crippen molar-refractivity contribution in [3.05, 3.63) is 116 Å². The molecule has 6 nitrogen and oxygen atoms in total. The predicted molar refractivity (Wildman–Crippen MR) is 132 cm³/mol. The number of aromatic carboxylic acids is 1. The Kier molecular flexibility index (Phi) is 5.69. The summed E-state index contributed by atoms with van der Waals surface area (Å²) in [4.78, 5) is 39.1. The van der Waals surface area contributed by atoms with Crippen LogP contribution in [0.5, 0.6) is 0 Å². The van der Waals surface area contributed by atoms with Gasteiger partial charge in [-0.05, 0) is 81.9 Å². The number of benzene rings is 3. The second kappa shape index (κ2) is 8.96. The molecule has 0 unspecified atom stereocenters. The Morgan fingerprint density at radius 3 is 2.41 bits per heavy atom. The molecule has 0 bridgehead atoms. The number of ether oxygens (including phenoxy) is 1. The van der Waals surface area contributed by atoms with Gasteiger partial charge >= 0.3 is 11.9 Å². The average Bonchev–Trinajstić information content (AvgIpc) is 3.31. The van der Waals surface area contributed by atoms with Gasteiger partial charge in [0.25, 0.3) is 5.56 Å². The Morgan fingerprint density at radius 2 is 1.62 bits per heavy atom. The van der Waals surface area contributed by atoms with Crippen LogP contribution in [0.2, 0.25) is 0 Å². The van der Waals surface area contributed by atoms with Crippen LogP contribution in [0.4, 0.5) is 0 Å². The lowest BCUT2D eigenvalue weighted by Crippen LogP contribution is -2.13. The molecule has 2 heterocycles. The van der Waals surface area contributed by atoms with Gasteiger partial charge < -0.3 is 14.8 Å². The third kappa shape index (κ3) is 4.46. The van der Waals surface area contributed by atoms with E-state index >= 15 is 0 Å². The minimum Gasteiger partial charge on any atom is -0.478 e. The predicted octanol–water partition coefficient (Wildman–Crippen LogP) is 5.39. The zero-order valence-corrected chi connectivity index (χ0v) is 18.7. The van der Waals surface area contributed by atoms with Crippen LogP contribution in [-0.2, 0) is 17.8 Å². The number of carbonyl (C=O) groups is 2. The third-order valence-electron chi connectivity index (χ3n) is 5.64. The summed E-state index contributed by atoms with van der Waals surface area (Å²) in [5, 5.41) is 12.9. The minimum absolute atomic E-state index is 0.172. The van der Waals surface area contributed by atoms with Crippen molar-refractivity contribution in [2.75, 3.05) is 0 Å². The van der Waals surface area contributed by atoms with Crippen molar-refractivity contribution in [1.29, 1.82) is 0 Å². The topological polar surface area (TPSA) is 96.5 Å². The lowest BCUT2D eigenvalue weighted by molar-refractivity contribution is 0.0472. The molecule has 0 amide bonds. The van der Waals surface area contributed by atoms with Crippen molar-refractivity contribution < 1.29 is 19.4 Å². The fourth-order valence-corrected chi connectivity index (χ4v) is 4.60. The maximum Gasteiger partial charge on any atom is 0.338 e. The Balaban J connectivity index is 1.35. The highest BCUT2D eigenvalue weighted by Gasteiger charge is 2.11. The van der Waals surface area contributed by atoms with Crippen LogP contribution in [0.25, 0.3) is 21.0 Å². The van der Waals surface area contributed by atoms with Gasteiger partial charge in [0.1, 0.15) is 6.61 Å². The summed E-state index contributed by atoms with van der Waals surface area (Å²) >= 11 is 1.67. The van der Waals surface area contributed by atoms with Gasteiger partial charge in [-0.1, -0.05) is 18.2 Å². The highest BCUT2D eigenvalue weighted by Crippen LogP contribution is 2.22. The molecule has 3 aromatic carbocycles. The number of aromatic nitrogens is 1. The van der Waals surface area contributed by atoms with E-state index in [0.29, 0.717) is 28.5 Å². The number of hydrogen-bond donors (Lipinski definition) is 2. The highest BCUT2D eigenvalue weighted by molar-refractivity contribution is 7.17. The lowest BCUT2D eigenvalue weighted by Gasteiger charge is -2.08. The van der Waals surface area contributed by atoms with Gasteiger partial charge in [0.05, 0.1) is 11.1 Å². The van der Waals surface area contributed by atoms with E-state index in [0.717, 1.165) is 16.5 Å². The Hall–Kier alpha value is -4.23. The fraction of sp³-hybridized carbons (Fsp3) is 0.0741. The maximum absolute atomic E-state index is 12.7.